The van der Waals surface area contributed by atoms with E-state index in [1.165, 1.54) is 30.0 Å². The first kappa shape index (κ1) is 22.6. The Balaban J connectivity index is 1.49. The predicted molar refractivity (Wildman–Crippen MR) is 124 cm³/mol. The zero-order valence-corrected chi connectivity index (χ0v) is 19.1. The van der Waals surface area contributed by atoms with Gasteiger partial charge in [-0.2, -0.15) is 0 Å². The van der Waals surface area contributed by atoms with Crippen molar-refractivity contribution in [3.63, 3.8) is 0 Å². The Kier molecular flexibility index (Phi) is 6.27. The van der Waals surface area contributed by atoms with Crippen molar-refractivity contribution in [2.75, 3.05) is 7.05 Å². The van der Waals surface area contributed by atoms with Crippen LogP contribution in [0.25, 0.3) is 0 Å². The van der Waals surface area contributed by atoms with Gasteiger partial charge in [0, 0.05) is 30.9 Å². The number of Topliss-reactive ketones (excluding diaryl/α,β-unsaturated/α-hetero) is 1. The second-order valence-electron chi connectivity index (χ2n) is 8.97. The number of carbonyl (C=O) groups excluding carboxylic acids is 4. The third kappa shape index (κ3) is 4.51. The van der Waals surface area contributed by atoms with Gasteiger partial charge in [-0.1, -0.05) is 60.2 Å². The topological polar surface area (TPSA) is 83.6 Å². The van der Waals surface area contributed by atoms with Gasteiger partial charge in [-0.3, -0.25) is 24.1 Å². The summed E-state index contributed by atoms with van der Waals surface area (Å²) in [5, 5.41) is 2.55. The van der Waals surface area contributed by atoms with E-state index in [1.54, 1.807) is 6.08 Å². The maximum atomic E-state index is 13.3. The molecule has 1 aliphatic heterocycles. The molecule has 33 heavy (non-hydrogen) atoms. The van der Waals surface area contributed by atoms with E-state index in [4.69, 9.17) is 0 Å². The third-order valence-electron chi connectivity index (χ3n) is 6.68. The molecule has 1 aliphatic carbocycles. The molecule has 1 saturated heterocycles. The van der Waals surface area contributed by atoms with Gasteiger partial charge in [0.1, 0.15) is 5.78 Å². The monoisotopic (exact) mass is 444 g/mol. The Hall–Kier alpha value is -3.54. The molecule has 3 amide bonds. The van der Waals surface area contributed by atoms with Gasteiger partial charge in [0.2, 0.25) is 17.7 Å². The average Bonchev–Trinajstić information content (AvgIpc) is 3.18. The van der Waals surface area contributed by atoms with Crippen molar-refractivity contribution in [2.24, 2.45) is 17.8 Å². The number of hydrogen-bond donors (Lipinski definition) is 1. The average molecular weight is 445 g/mol. The number of benzene rings is 2. The molecule has 1 N–H and O–H groups in total. The molecule has 0 spiro atoms. The van der Waals surface area contributed by atoms with E-state index < -0.39 is 17.8 Å². The van der Waals surface area contributed by atoms with Crippen LogP contribution in [0.2, 0.25) is 0 Å². The van der Waals surface area contributed by atoms with Gasteiger partial charge in [0.15, 0.2) is 0 Å². The van der Waals surface area contributed by atoms with Crippen molar-refractivity contribution in [3.8, 4) is 0 Å². The number of aryl methyl sites for hydroxylation is 1. The first-order chi connectivity index (χ1) is 15.8. The summed E-state index contributed by atoms with van der Waals surface area (Å²) in [6.45, 7) is 3.64. The van der Waals surface area contributed by atoms with Gasteiger partial charge < -0.3 is 5.32 Å². The molecule has 1 heterocycles. The number of likely N-dealkylation sites (N-methyl/N-ethyl adjacent to an activating group) is 1. The molecule has 1 fully saturated rings. The lowest BCUT2D eigenvalue weighted by Crippen LogP contribution is -2.50. The Bertz CT molecular complexity index is 1130. The van der Waals surface area contributed by atoms with Crippen molar-refractivity contribution in [3.05, 3.63) is 82.4 Å². The molecule has 4 rings (SSSR count). The number of imide groups is 1. The zero-order chi connectivity index (χ0) is 23.7. The van der Waals surface area contributed by atoms with Gasteiger partial charge in [-0.05, 0) is 37.0 Å². The molecule has 0 bridgehead atoms. The normalized spacial score (nSPS) is 22.1. The highest BCUT2D eigenvalue weighted by Gasteiger charge is 2.52. The molecular formula is C27H28N2O4. The molecule has 2 aromatic carbocycles. The number of carbonyl (C=O) groups is 4. The maximum absolute atomic E-state index is 13.3. The van der Waals surface area contributed by atoms with E-state index in [-0.39, 0.29) is 36.5 Å². The summed E-state index contributed by atoms with van der Waals surface area (Å²) in [5.74, 6) is -3.14. The largest absolute Gasteiger partial charge is 0.355 e. The van der Waals surface area contributed by atoms with E-state index in [9.17, 15) is 19.2 Å². The van der Waals surface area contributed by atoms with Crippen LogP contribution >= 0.6 is 0 Å². The quantitative estimate of drug-likeness (QED) is 0.695. The molecule has 0 aromatic heterocycles. The lowest BCUT2D eigenvalue weighted by atomic mass is 9.78. The number of amides is 3. The van der Waals surface area contributed by atoms with Crippen LogP contribution < -0.4 is 5.32 Å². The Morgan fingerprint density at radius 3 is 2.12 bits per heavy atom. The van der Waals surface area contributed by atoms with Crippen LogP contribution in [0.1, 0.15) is 35.6 Å². The number of likely N-dealkylation sites (tertiary alicyclic amines) is 1. The minimum Gasteiger partial charge on any atom is -0.355 e. The predicted octanol–water partition coefficient (Wildman–Crippen LogP) is 2.97. The second kappa shape index (κ2) is 9.14. The molecule has 0 radical (unpaired) electrons. The Labute approximate surface area is 193 Å². The van der Waals surface area contributed by atoms with Gasteiger partial charge >= 0.3 is 0 Å². The number of allylic oxidation sites excluding steroid dienone is 1. The fourth-order valence-electron chi connectivity index (χ4n) is 4.84. The van der Waals surface area contributed by atoms with Gasteiger partial charge in [-0.25, -0.2) is 0 Å². The smallest absolute Gasteiger partial charge is 0.246 e. The van der Waals surface area contributed by atoms with Gasteiger partial charge in [0.05, 0.1) is 12.5 Å². The molecule has 2 aliphatic rings. The van der Waals surface area contributed by atoms with Crippen LogP contribution in [-0.2, 0) is 32.1 Å². The number of nitrogens with zero attached hydrogens (tertiary/aromatic N) is 1. The van der Waals surface area contributed by atoms with E-state index in [2.05, 4.69) is 36.5 Å². The lowest BCUT2D eigenvalue weighted by molar-refractivity contribution is -0.156. The van der Waals surface area contributed by atoms with Crippen molar-refractivity contribution in [1.82, 2.24) is 10.2 Å². The van der Waals surface area contributed by atoms with E-state index in [0.29, 0.717) is 5.57 Å². The zero-order valence-electron chi connectivity index (χ0n) is 19.1. The second-order valence-corrected chi connectivity index (χ2v) is 8.97. The summed E-state index contributed by atoms with van der Waals surface area (Å²) in [5.41, 5.74) is 4.80. The summed E-state index contributed by atoms with van der Waals surface area (Å²) >= 11 is 0. The summed E-state index contributed by atoms with van der Waals surface area (Å²) in [4.78, 5) is 51.9. The molecule has 6 nitrogen and oxygen atoms in total. The summed E-state index contributed by atoms with van der Waals surface area (Å²) in [7, 11) is 1.50. The van der Waals surface area contributed by atoms with E-state index in [0.717, 1.165) is 17.5 Å². The number of nitrogens with one attached hydrogen (secondary N) is 1. The van der Waals surface area contributed by atoms with Gasteiger partial charge in [0.25, 0.3) is 0 Å². The lowest BCUT2D eigenvalue weighted by Gasteiger charge is -2.35. The van der Waals surface area contributed by atoms with Crippen LogP contribution in [-0.4, -0.2) is 35.5 Å². The SMILES string of the molecule is CNC(=O)C1=CC(C(C)=O)C2C(=O)N(Cc3ccc(Cc4ccc(C)cc4)cc3)C(=O)CC12. The molecule has 6 heteroatoms. The highest BCUT2D eigenvalue weighted by Crippen LogP contribution is 2.43. The van der Waals surface area contributed by atoms with Crippen LogP contribution in [0.5, 0.6) is 0 Å². The number of ketones is 1. The standard InChI is InChI=1S/C27H28N2O4/c1-16-4-6-18(7-5-16)12-19-8-10-20(11-9-19)15-29-24(31)14-22-23(26(32)28-3)13-21(17(2)30)25(22)27(29)33/h4-11,13,21-22,25H,12,14-15H2,1-3H3,(H,28,32). The Morgan fingerprint density at radius 1 is 0.970 bits per heavy atom. The molecule has 2 aromatic rings. The van der Waals surface area contributed by atoms with Crippen molar-refractivity contribution < 1.29 is 19.2 Å². The third-order valence-corrected chi connectivity index (χ3v) is 6.68. The first-order valence-corrected chi connectivity index (χ1v) is 11.2. The summed E-state index contributed by atoms with van der Waals surface area (Å²) in [6, 6.07) is 16.3. The fourth-order valence-corrected chi connectivity index (χ4v) is 4.84. The van der Waals surface area contributed by atoms with Crippen LogP contribution in [0.15, 0.2) is 60.2 Å². The van der Waals surface area contributed by atoms with Crippen LogP contribution in [0, 0.1) is 24.7 Å². The fraction of sp³-hybridized carbons (Fsp3) is 0.333. The van der Waals surface area contributed by atoms with Crippen LogP contribution in [0.4, 0.5) is 0 Å². The summed E-state index contributed by atoms with van der Waals surface area (Å²) in [6.07, 6.45) is 2.43. The van der Waals surface area contributed by atoms with Crippen molar-refractivity contribution >= 4 is 23.5 Å². The molecule has 3 unspecified atom stereocenters. The van der Waals surface area contributed by atoms with Gasteiger partial charge in [-0.15, -0.1) is 0 Å². The van der Waals surface area contributed by atoms with E-state index >= 15 is 0 Å². The molecular weight excluding hydrogens is 416 g/mol. The number of fused-ring (bicyclic) bond motifs is 1. The highest BCUT2D eigenvalue weighted by molar-refractivity contribution is 6.06. The van der Waals surface area contributed by atoms with Crippen molar-refractivity contribution in [2.45, 2.75) is 33.2 Å². The number of piperidine rings is 1. The Morgan fingerprint density at radius 2 is 1.55 bits per heavy atom. The highest BCUT2D eigenvalue weighted by atomic mass is 16.2. The molecule has 170 valence electrons. The van der Waals surface area contributed by atoms with Crippen LogP contribution in [0.3, 0.4) is 0 Å². The number of hydrogen-bond acceptors (Lipinski definition) is 4. The maximum Gasteiger partial charge on any atom is 0.246 e. The molecule has 3 atom stereocenters. The first-order valence-electron chi connectivity index (χ1n) is 11.2. The minimum atomic E-state index is -0.701. The number of rotatable bonds is 6. The minimum absolute atomic E-state index is 0.0466. The summed E-state index contributed by atoms with van der Waals surface area (Å²) < 4.78 is 0. The van der Waals surface area contributed by atoms with Crippen molar-refractivity contribution in [1.29, 1.82) is 0 Å². The molecule has 0 saturated carbocycles. The van der Waals surface area contributed by atoms with E-state index in [1.807, 2.05) is 24.3 Å².